The quantitative estimate of drug-likeness (QED) is 0.641. The lowest BCUT2D eigenvalue weighted by Gasteiger charge is -2.11. The van der Waals surface area contributed by atoms with E-state index in [0.29, 0.717) is 17.2 Å². The minimum atomic E-state index is -0.465. The second-order valence-corrected chi connectivity index (χ2v) is 5.93. The molecule has 0 unspecified atom stereocenters. The van der Waals surface area contributed by atoms with Crippen molar-refractivity contribution in [2.24, 2.45) is 0 Å². The molecule has 2 N–H and O–H groups in total. The molecule has 3 rings (SSSR count). The van der Waals surface area contributed by atoms with Gasteiger partial charge in [-0.2, -0.15) is 0 Å². The molecule has 2 amide bonds. The van der Waals surface area contributed by atoms with Crippen molar-refractivity contribution in [2.45, 2.75) is 6.54 Å². The van der Waals surface area contributed by atoms with Crippen molar-refractivity contribution < 1.29 is 19.1 Å². The first-order valence-corrected chi connectivity index (χ1v) is 8.79. The van der Waals surface area contributed by atoms with E-state index in [0.717, 1.165) is 5.69 Å². The lowest BCUT2D eigenvalue weighted by atomic mass is 10.2. The fourth-order valence-corrected chi connectivity index (χ4v) is 2.54. The number of anilines is 1. The Kier molecular flexibility index (Phi) is 6.36. The number of methoxy groups -OCH3 is 2. The van der Waals surface area contributed by atoms with E-state index in [1.165, 1.54) is 13.2 Å². The lowest BCUT2D eigenvalue weighted by Crippen LogP contribution is -2.25. The summed E-state index contributed by atoms with van der Waals surface area (Å²) in [6.45, 7) is 0.265. The number of carbonyl (C=O) groups excluding carboxylic acids is 2. The van der Waals surface area contributed by atoms with E-state index in [9.17, 15) is 9.59 Å². The maximum atomic E-state index is 12.6. The van der Waals surface area contributed by atoms with E-state index in [1.54, 1.807) is 55.8 Å². The molecule has 148 valence electrons. The minimum Gasteiger partial charge on any atom is -0.497 e. The predicted molar refractivity (Wildman–Crippen MR) is 107 cm³/mol. The van der Waals surface area contributed by atoms with Gasteiger partial charge in [-0.3, -0.25) is 14.6 Å². The molecule has 0 aliphatic rings. The molecular formula is C21H20N4O4. The molecule has 0 spiro atoms. The third-order valence-electron chi connectivity index (χ3n) is 4.03. The molecule has 29 heavy (non-hydrogen) atoms. The highest BCUT2D eigenvalue weighted by Gasteiger charge is 2.15. The molecule has 0 saturated heterocycles. The van der Waals surface area contributed by atoms with Gasteiger partial charge in [0.1, 0.15) is 22.9 Å². The Hall–Kier alpha value is -3.94. The Balaban J connectivity index is 1.70. The van der Waals surface area contributed by atoms with Crippen molar-refractivity contribution in [1.29, 1.82) is 0 Å². The average molecular weight is 392 g/mol. The SMILES string of the molecule is COc1ccc(NC(=O)c2cccc(C(=O)NCc3ccccn3)n2)c(OC)c1. The predicted octanol–water partition coefficient (Wildman–Crippen LogP) is 2.68. The van der Waals surface area contributed by atoms with Gasteiger partial charge in [-0.1, -0.05) is 12.1 Å². The van der Waals surface area contributed by atoms with Crippen LogP contribution in [0.25, 0.3) is 0 Å². The fourth-order valence-electron chi connectivity index (χ4n) is 2.54. The second-order valence-electron chi connectivity index (χ2n) is 5.93. The van der Waals surface area contributed by atoms with E-state index < -0.39 is 11.8 Å². The fraction of sp³-hybridized carbons (Fsp3) is 0.143. The molecule has 8 heteroatoms. The maximum Gasteiger partial charge on any atom is 0.274 e. The summed E-state index contributed by atoms with van der Waals surface area (Å²) in [6.07, 6.45) is 1.65. The monoisotopic (exact) mass is 392 g/mol. The molecule has 0 aliphatic heterocycles. The van der Waals surface area contributed by atoms with Crippen LogP contribution in [-0.2, 0) is 6.54 Å². The van der Waals surface area contributed by atoms with Crippen molar-refractivity contribution >= 4 is 17.5 Å². The number of nitrogens with zero attached hydrogens (tertiary/aromatic N) is 2. The van der Waals surface area contributed by atoms with Crippen molar-refractivity contribution in [3.05, 3.63) is 77.9 Å². The van der Waals surface area contributed by atoms with Crippen LogP contribution in [0.15, 0.2) is 60.8 Å². The molecule has 0 fully saturated rings. The number of pyridine rings is 2. The molecule has 2 aromatic heterocycles. The third kappa shape index (κ3) is 5.07. The van der Waals surface area contributed by atoms with Crippen molar-refractivity contribution in [3.8, 4) is 11.5 Å². The number of carbonyl (C=O) groups is 2. The topological polar surface area (TPSA) is 102 Å². The normalized spacial score (nSPS) is 10.1. The highest BCUT2D eigenvalue weighted by Crippen LogP contribution is 2.29. The zero-order valence-corrected chi connectivity index (χ0v) is 16.0. The van der Waals surface area contributed by atoms with Gasteiger partial charge in [0.25, 0.3) is 11.8 Å². The number of nitrogens with one attached hydrogen (secondary N) is 2. The first-order chi connectivity index (χ1) is 14.1. The summed E-state index contributed by atoms with van der Waals surface area (Å²) in [5.41, 5.74) is 1.43. The Morgan fingerprint density at radius 3 is 2.41 bits per heavy atom. The minimum absolute atomic E-state index is 0.105. The van der Waals surface area contributed by atoms with Gasteiger partial charge < -0.3 is 20.1 Å². The van der Waals surface area contributed by atoms with Gasteiger partial charge in [0.15, 0.2) is 0 Å². The third-order valence-corrected chi connectivity index (χ3v) is 4.03. The summed E-state index contributed by atoms with van der Waals surface area (Å²) in [6, 6.07) is 15.1. The van der Waals surface area contributed by atoms with Gasteiger partial charge in [0, 0.05) is 12.3 Å². The number of aromatic nitrogens is 2. The molecule has 1 aromatic carbocycles. The molecule has 0 saturated carbocycles. The van der Waals surface area contributed by atoms with Gasteiger partial charge >= 0.3 is 0 Å². The van der Waals surface area contributed by atoms with E-state index in [4.69, 9.17) is 9.47 Å². The number of amides is 2. The van der Waals surface area contributed by atoms with E-state index in [-0.39, 0.29) is 17.9 Å². The second kappa shape index (κ2) is 9.32. The molecule has 0 aliphatic carbocycles. The highest BCUT2D eigenvalue weighted by atomic mass is 16.5. The molecule has 3 aromatic rings. The Labute approximate surface area is 167 Å². The first-order valence-electron chi connectivity index (χ1n) is 8.79. The van der Waals surface area contributed by atoms with E-state index >= 15 is 0 Å². The number of hydrogen-bond acceptors (Lipinski definition) is 6. The Morgan fingerprint density at radius 2 is 1.72 bits per heavy atom. The number of rotatable bonds is 7. The van der Waals surface area contributed by atoms with Gasteiger partial charge in [-0.25, -0.2) is 4.98 Å². The maximum absolute atomic E-state index is 12.6. The van der Waals surface area contributed by atoms with Crippen LogP contribution in [0.2, 0.25) is 0 Å². The van der Waals surface area contributed by atoms with Crippen molar-refractivity contribution in [2.75, 3.05) is 19.5 Å². The van der Waals surface area contributed by atoms with Gasteiger partial charge in [-0.15, -0.1) is 0 Å². The molecular weight excluding hydrogens is 372 g/mol. The molecule has 0 bridgehead atoms. The number of benzene rings is 1. The molecule has 0 atom stereocenters. The Bertz CT molecular complexity index is 1010. The van der Waals surface area contributed by atoms with Crippen LogP contribution in [0.5, 0.6) is 11.5 Å². The van der Waals surface area contributed by atoms with E-state index in [1.807, 2.05) is 6.07 Å². The van der Waals surface area contributed by atoms with Crippen LogP contribution in [0, 0.1) is 0 Å². The zero-order valence-electron chi connectivity index (χ0n) is 16.0. The molecule has 0 radical (unpaired) electrons. The van der Waals surface area contributed by atoms with Crippen LogP contribution in [0.1, 0.15) is 26.7 Å². The summed E-state index contributed by atoms with van der Waals surface area (Å²) < 4.78 is 10.4. The zero-order chi connectivity index (χ0) is 20.6. The average Bonchev–Trinajstić information content (AvgIpc) is 2.78. The summed E-state index contributed by atoms with van der Waals surface area (Å²) in [7, 11) is 3.04. The van der Waals surface area contributed by atoms with E-state index in [2.05, 4.69) is 20.6 Å². The molecule has 2 heterocycles. The van der Waals surface area contributed by atoms with Crippen LogP contribution >= 0.6 is 0 Å². The van der Waals surface area contributed by atoms with Crippen LogP contribution < -0.4 is 20.1 Å². The summed E-state index contributed by atoms with van der Waals surface area (Å²) in [5, 5.41) is 5.46. The number of ether oxygens (including phenoxy) is 2. The Morgan fingerprint density at radius 1 is 0.931 bits per heavy atom. The largest absolute Gasteiger partial charge is 0.497 e. The standard InChI is InChI=1S/C21H20N4O4/c1-28-15-9-10-16(19(12-15)29-2)25-21(27)18-8-5-7-17(24-18)20(26)23-13-14-6-3-4-11-22-14/h3-12H,13H2,1-2H3,(H,23,26)(H,25,27). The first kappa shape index (κ1) is 19.8. The van der Waals surface area contributed by atoms with Crippen LogP contribution in [-0.4, -0.2) is 36.0 Å². The smallest absolute Gasteiger partial charge is 0.274 e. The van der Waals surface area contributed by atoms with Crippen LogP contribution in [0.3, 0.4) is 0 Å². The van der Waals surface area contributed by atoms with Gasteiger partial charge in [0.05, 0.1) is 32.1 Å². The highest BCUT2D eigenvalue weighted by molar-refractivity contribution is 6.04. The van der Waals surface area contributed by atoms with Crippen LogP contribution in [0.4, 0.5) is 5.69 Å². The van der Waals surface area contributed by atoms with Gasteiger partial charge in [-0.05, 0) is 36.4 Å². The molecule has 8 nitrogen and oxygen atoms in total. The summed E-state index contributed by atoms with van der Waals surface area (Å²) >= 11 is 0. The van der Waals surface area contributed by atoms with Crippen molar-refractivity contribution in [3.63, 3.8) is 0 Å². The van der Waals surface area contributed by atoms with Crippen molar-refractivity contribution in [1.82, 2.24) is 15.3 Å². The summed E-state index contributed by atoms with van der Waals surface area (Å²) in [5.74, 6) is 0.187. The lowest BCUT2D eigenvalue weighted by molar-refractivity contribution is 0.0945. The summed E-state index contributed by atoms with van der Waals surface area (Å²) in [4.78, 5) is 33.2. The number of hydrogen-bond donors (Lipinski definition) is 2. The van der Waals surface area contributed by atoms with Gasteiger partial charge in [0.2, 0.25) is 0 Å².